The van der Waals surface area contributed by atoms with Gasteiger partial charge in [-0.15, -0.1) is 0 Å². The number of benzene rings is 2. The number of imidazole rings is 1. The Kier molecular flexibility index (Phi) is 4.82. The Labute approximate surface area is 150 Å². The average Bonchev–Trinajstić information content (AvgIpc) is 2.94. The standard InChI is InChI=1S/C19H15ClN4O/c1-24-17-5-3-2-4-16(17)23-19(24)15(10-21)18(25)12-22-11-13-6-8-14(20)9-7-13/h2-9,11,25H,12H2,1H3. The van der Waals surface area contributed by atoms with E-state index in [1.165, 1.54) is 0 Å². The molecule has 0 bridgehead atoms. The molecule has 1 aromatic heterocycles. The number of hydrogen-bond donors (Lipinski definition) is 1. The first-order valence-corrected chi connectivity index (χ1v) is 7.97. The van der Waals surface area contributed by atoms with Gasteiger partial charge in [-0.1, -0.05) is 35.9 Å². The predicted molar refractivity (Wildman–Crippen MR) is 99.8 cm³/mol. The quantitative estimate of drug-likeness (QED) is 0.436. The number of allylic oxidation sites excluding steroid dienone is 1. The minimum atomic E-state index is -0.119. The van der Waals surface area contributed by atoms with Gasteiger partial charge in [0.2, 0.25) is 0 Å². The first-order valence-electron chi connectivity index (χ1n) is 7.59. The van der Waals surface area contributed by atoms with Crippen LogP contribution in [0, 0.1) is 11.3 Å². The second kappa shape index (κ2) is 7.20. The van der Waals surface area contributed by atoms with Gasteiger partial charge in [-0.3, -0.25) is 4.99 Å². The molecule has 25 heavy (non-hydrogen) atoms. The van der Waals surface area contributed by atoms with Crippen molar-refractivity contribution in [3.8, 4) is 6.07 Å². The molecule has 0 aliphatic carbocycles. The van der Waals surface area contributed by atoms with Gasteiger partial charge >= 0.3 is 0 Å². The molecular formula is C19H15ClN4O. The lowest BCUT2D eigenvalue weighted by Crippen LogP contribution is -2.01. The molecule has 6 heteroatoms. The molecule has 3 rings (SSSR count). The van der Waals surface area contributed by atoms with Crippen molar-refractivity contribution in [1.29, 1.82) is 5.26 Å². The Morgan fingerprint density at radius 1 is 1.28 bits per heavy atom. The molecule has 0 unspecified atom stereocenters. The molecule has 1 heterocycles. The molecule has 0 aliphatic rings. The Morgan fingerprint density at radius 2 is 2.00 bits per heavy atom. The maximum absolute atomic E-state index is 10.3. The lowest BCUT2D eigenvalue weighted by atomic mass is 10.2. The summed E-state index contributed by atoms with van der Waals surface area (Å²) < 4.78 is 1.78. The molecule has 0 saturated heterocycles. The molecule has 1 N–H and O–H groups in total. The fourth-order valence-electron chi connectivity index (χ4n) is 2.48. The number of hydrogen-bond acceptors (Lipinski definition) is 4. The van der Waals surface area contributed by atoms with Crippen LogP contribution in [0.25, 0.3) is 16.6 Å². The molecule has 0 aliphatic heterocycles. The summed E-state index contributed by atoms with van der Waals surface area (Å²) in [7, 11) is 1.81. The normalized spacial score (nSPS) is 12.4. The summed E-state index contributed by atoms with van der Waals surface area (Å²) in [6, 6.07) is 16.8. The van der Waals surface area contributed by atoms with Crippen LogP contribution < -0.4 is 0 Å². The number of aryl methyl sites for hydroxylation is 1. The van der Waals surface area contributed by atoms with Crippen LogP contribution in [0.5, 0.6) is 0 Å². The van der Waals surface area contributed by atoms with Crippen molar-refractivity contribution in [3.05, 3.63) is 70.7 Å². The van der Waals surface area contributed by atoms with Gasteiger partial charge in [0, 0.05) is 18.3 Å². The van der Waals surface area contributed by atoms with E-state index in [9.17, 15) is 10.4 Å². The van der Waals surface area contributed by atoms with Gasteiger partial charge in [-0.2, -0.15) is 5.26 Å². The van der Waals surface area contributed by atoms with Crippen LogP contribution in [0.1, 0.15) is 11.4 Å². The fourth-order valence-corrected chi connectivity index (χ4v) is 2.60. The Balaban J connectivity index is 1.88. The molecule has 0 spiro atoms. The summed E-state index contributed by atoms with van der Waals surface area (Å²) in [4.78, 5) is 8.62. The Morgan fingerprint density at radius 3 is 2.68 bits per heavy atom. The molecular weight excluding hydrogens is 336 g/mol. The summed E-state index contributed by atoms with van der Waals surface area (Å²) in [5, 5.41) is 20.4. The van der Waals surface area contributed by atoms with Gasteiger partial charge in [-0.05, 0) is 29.8 Å². The van der Waals surface area contributed by atoms with Gasteiger partial charge in [0.15, 0.2) is 5.82 Å². The summed E-state index contributed by atoms with van der Waals surface area (Å²) in [6.45, 7) is -0.00523. The summed E-state index contributed by atoms with van der Waals surface area (Å²) in [5.74, 6) is 0.300. The van der Waals surface area contributed by atoms with Gasteiger partial charge in [0.05, 0.1) is 17.6 Å². The molecule has 0 atom stereocenters. The lowest BCUT2D eigenvalue weighted by molar-refractivity contribution is 0.407. The summed E-state index contributed by atoms with van der Waals surface area (Å²) in [6.07, 6.45) is 1.62. The number of nitrogens with zero attached hydrogens (tertiary/aromatic N) is 4. The molecule has 3 aromatic rings. The molecule has 5 nitrogen and oxygen atoms in total. The second-order valence-electron chi connectivity index (χ2n) is 5.44. The van der Waals surface area contributed by atoms with E-state index in [0.29, 0.717) is 10.8 Å². The van der Waals surface area contributed by atoms with Crippen LogP contribution in [-0.2, 0) is 7.05 Å². The van der Waals surface area contributed by atoms with Crippen molar-refractivity contribution in [2.45, 2.75) is 0 Å². The molecule has 0 fully saturated rings. The number of halogens is 1. The highest BCUT2D eigenvalue weighted by atomic mass is 35.5. The van der Waals surface area contributed by atoms with E-state index in [1.807, 2.05) is 49.5 Å². The SMILES string of the molecule is Cn1c(C(C#N)=C(O)CN=Cc2ccc(Cl)cc2)nc2ccccc21. The van der Waals surface area contributed by atoms with Crippen LogP contribution in [0.15, 0.2) is 59.3 Å². The van der Waals surface area contributed by atoms with Gasteiger partial charge in [0.1, 0.15) is 17.4 Å². The average molecular weight is 351 g/mol. The third kappa shape index (κ3) is 3.54. The first kappa shape index (κ1) is 16.7. The number of aromatic nitrogens is 2. The van der Waals surface area contributed by atoms with E-state index < -0.39 is 0 Å². The van der Waals surface area contributed by atoms with E-state index in [0.717, 1.165) is 16.6 Å². The van der Waals surface area contributed by atoms with Crippen LogP contribution >= 0.6 is 11.6 Å². The van der Waals surface area contributed by atoms with E-state index in [2.05, 4.69) is 9.98 Å². The molecule has 0 saturated carbocycles. The van der Waals surface area contributed by atoms with Crippen molar-refractivity contribution in [1.82, 2.24) is 9.55 Å². The number of aliphatic imine (C=N–C) groups is 1. The zero-order chi connectivity index (χ0) is 17.8. The van der Waals surface area contributed by atoms with Crippen molar-refractivity contribution >= 4 is 34.4 Å². The summed E-state index contributed by atoms with van der Waals surface area (Å²) >= 11 is 5.84. The number of fused-ring (bicyclic) bond motifs is 1. The highest BCUT2D eigenvalue weighted by Gasteiger charge is 2.15. The van der Waals surface area contributed by atoms with Crippen LogP contribution in [0.2, 0.25) is 5.02 Å². The van der Waals surface area contributed by atoms with Crippen LogP contribution in [0.3, 0.4) is 0 Å². The molecule has 0 amide bonds. The highest BCUT2D eigenvalue weighted by molar-refractivity contribution is 6.30. The lowest BCUT2D eigenvalue weighted by Gasteiger charge is -2.03. The van der Waals surface area contributed by atoms with E-state index in [1.54, 1.807) is 22.9 Å². The monoisotopic (exact) mass is 350 g/mol. The van der Waals surface area contributed by atoms with Crippen molar-refractivity contribution < 1.29 is 5.11 Å². The number of aliphatic hydroxyl groups excluding tert-OH is 1. The van der Waals surface area contributed by atoms with Crippen LogP contribution in [0.4, 0.5) is 0 Å². The van der Waals surface area contributed by atoms with E-state index in [-0.39, 0.29) is 17.9 Å². The van der Waals surface area contributed by atoms with Gasteiger partial charge in [-0.25, -0.2) is 4.98 Å². The zero-order valence-corrected chi connectivity index (χ0v) is 14.3. The smallest absolute Gasteiger partial charge is 0.155 e. The minimum Gasteiger partial charge on any atom is -0.509 e. The third-order valence-corrected chi connectivity index (χ3v) is 4.01. The van der Waals surface area contributed by atoms with Crippen molar-refractivity contribution in [2.75, 3.05) is 6.54 Å². The van der Waals surface area contributed by atoms with E-state index >= 15 is 0 Å². The minimum absolute atomic E-state index is 0.00523. The van der Waals surface area contributed by atoms with Crippen LogP contribution in [-0.4, -0.2) is 27.4 Å². The topological polar surface area (TPSA) is 74.2 Å². The second-order valence-corrected chi connectivity index (χ2v) is 5.87. The predicted octanol–water partition coefficient (Wildman–Crippen LogP) is 4.14. The van der Waals surface area contributed by atoms with E-state index in [4.69, 9.17) is 11.6 Å². The number of nitriles is 1. The number of rotatable bonds is 4. The van der Waals surface area contributed by atoms with Crippen molar-refractivity contribution in [3.63, 3.8) is 0 Å². The zero-order valence-electron chi connectivity index (χ0n) is 13.5. The largest absolute Gasteiger partial charge is 0.509 e. The molecule has 124 valence electrons. The molecule has 0 radical (unpaired) electrons. The van der Waals surface area contributed by atoms with Gasteiger partial charge in [0.25, 0.3) is 0 Å². The first-order chi connectivity index (χ1) is 12.1. The molecule has 2 aromatic carbocycles. The summed E-state index contributed by atoms with van der Waals surface area (Å²) in [5.41, 5.74) is 2.64. The maximum Gasteiger partial charge on any atom is 0.155 e. The number of para-hydroxylation sites is 2. The Bertz CT molecular complexity index is 1010. The Hall–Kier alpha value is -3.10. The van der Waals surface area contributed by atoms with Gasteiger partial charge < -0.3 is 9.67 Å². The number of aliphatic hydroxyl groups is 1. The highest BCUT2D eigenvalue weighted by Crippen LogP contribution is 2.21. The van der Waals surface area contributed by atoms with Crippen molar-refractivity contribution in [2.24, 2.45) is 12.0 Å². The third-order valence-electron chi connectivity index (χ3n) is 3.76. The fraction of sp³-hybridized carbons (Fsp3) is 0.105. The maximum atomic E-state index is 10.3.